The topological polar surface area (TPSA) is 48.1 Å². The number of thiocarbonyl (C=S) groups is 2. The Labute approximate surface area is 157 Å². The van der Waals surface area contributed by atoms with E-state index < -0.39 is 0 Å². The van der Waals surface area contributed by atoms with Gasteiger partial charge in [-0.25, -0.2) is 0 Å². The van der Waals surface area contributed by atoms with Gasteiger partial charge in [-0.15, -0.1) is 0 Å². The van der Waals surface area contributed by atoms with Crippen molar-refractivity contribution >= 4 is 40.3 Å². The number of aryl methyl sites for hydroxylation is 1. The van der Waals surface area contributed by atoms with E-state index in [-0.39, 0.29) is 0 Å². The third-order valence-corrected chi connectivity index (χ3v) is 4.13. The fourth-order valence-corrected chi connectivity index (χ4v) is 2.69. The van der Waals surface area contributed by atoms with Crippen LogP contribution in [-0.4, -0.2) is 16.3 Å². The lowest BCUT2D eigenvalue weighted by molar-refractivity contribution is 0.492. The summed E-state index contributed by atoms with van der Waals surface area (Å²) in [4.78, 5) is 0. The Morgan fingerprint density at radius 3 is 2.17 bits per heavy atom. The molecule has 1 aromatic carbocycles. The summed E-state index contributed by atoms with van der Waals surface area (Å²) in [6.45, 7) is 8.77. The number of anilines is 1. The van der Waals surface area contributed by atoms with Crippen LogP contribution in [-0.2, 0) is 6.42 Å². The molecule has 0 saturated carbocycles. The van der Waals surface area contributed by atoms with E-state index in [1.165, 1.54) is 18.4 Å². The molecule has 0 aliphatic rings. The van der Waals surface area contributed by atoms with Crippen molar-refractivity contribution in [3.63, 3.8) is 0 Å². The van der Waals surface area contributed by atoms with Gasteiger partial charge in [0.1, 0.15) is 0 Å². The van der Waals surface area contributed by atoms with Crippen LogP contribution in [0.3, 0.4) is 0 Å². The molecule has 1 aromatic rings. The fraction of sp³-hybridized carbons (Fsp3) is 0.556. The Morgan fingerprint density at radius 2 is 1.58 bits per heavy atom. The van der Waals surface area contributed by atoms with Gasteiger partial charge in [0.25, 0.3) is 0 Å². The van der Waals surface area contributed by atoms with Crippen molar-refractivity contribution in [1.82, 2.24) is 16.2 Å². The lowest BCUT2D eigenvalue weighted by Crippen LogP contribution is -2.50. The van der Waals surface area contributed by atoms with E-state index in [2.05, 4.69) is 61.3 Å². The van der Waals surface area contributed by atoms with Crippen LogP contribution in [0, 0.1) is 5.92 Å². The minimum atomic E-state index is 0.341. The summed E-state index contributed by atoms with van der Waals surface area (Å²) < 4.78 is 0. The van der Waals surface area contributed by atoms with Crippen LogP contribution in [0.5, 0.6) is 0 Å². The van der Waals surface area contributed by atoms with Gasteiger partial charge in [0, 0.05) is 11.7 Å². The molecule has 1 rings (SSSR count). The van der Waals surface area contributed by atoms with Crippen molar-refractivity contribution in [3.8, 4) is 0 Å². The van der Waals surface area contributed by atoms with Gasteiger partial charge >= 0.3 is 0 Å². The molecule has 4 N–H and O–H groups in total. The zero-order chi connectivity index (χ0) is 17.9. The summed E-state index contributed by atoms with van der Waals surface area (Å²) in [6, 6.07) is 8.54. The molecule has 0 unspecified atom stereocenters. The highest BCUT2D eigenvalue weighted by Gasteiger charge is 2.05. The second kappa shape index (κ2) is 11.2. The zero-order valence-corrected chi connectivity index (χ0v) is 16.7. The molecule has 0 heterocycles. The minimum Gasteiger partial charge on any atom is -0.359 e. The van der Waals surface area contributed by atoms with Crippen molar-refractivity contribution < 1.29 is 0 Å². The van der Waals surface area contributed by atoms with Crippen molar-refractivity contribution in [2.24, 2.45) is 5.92 Å². The quantitative estimate of drug-likeness (QED) is 0.430. The van der Waals surface area contributed by atoms with E-state index in [1.807, 2.05) is 12.1 Å². The van der Waals surface area contributed by atoms with Gasteiger partial charge in [0.2, 0.25) is 0 Å². The molecule has 0 spiro atoms. The van der Waals surface area contributed by atoms with Crippen LogP contribution in [0.1, 0.15) is 52.5 Å². The number of hydrogen-bond acceptors (Lipinski definition) is 2. The van der Waals surface area contributed by atoms with Gasteiger partial charge < -0.3 is 10.6 Å². The minimum absolute atomic E-state index is 0.341. The van der Waals surface area contributed by atoms with E-state index in [4.69, 9.17) is 24.4 Å². The molecule has 0 aliphatic heterocycles. The van der Waals surface area contributed by atoms with Gasteiger partial charge in [0.15, 0.2) is 10.2 Å². The molecular formula is C18H30N4S2. The summed E-state index contributed by atoms with van der Waals surface area (Å²) in [6.07, 6.45) is 4.58. The molecule has 1 atom stereocenters. The smallest absolute Gasteiger partial charge is 0.189 e. The first-order valence-corrected chi connectivity index (χ1v) is 9.44. The third-order valence-electron chi connectivity index (χ3n) is 3.71. The first-order chi connectivity index (χ1) is 11.4. The molecule has 0 aromatic heterocycles. The Kier molecular flexibility index (Phi) is 9.64. The molecule has 24 heavy (non-hydrogen) atoms. The summed E-state index contributed by atoms with van der Waals surface area (Å²) in [5.74, 6) is 0.749. The van der Waals surface area contributed by atoms with Crippen molar-refractivity contribution in [2.75, 3.05) is 5.32 Å². The summed E-state index contributed by atoms with van der Waals surface area (Å²) in [5.41, 5.74) is 8.08. The first kappa shape index (κ1) is 20.6. The summed E-state index contributed by atoms with van der Waals surface area (Å²) >= 11 is 10.5. The van der Waals surface area contributed by atoms with Gasteiger partial charge in [-0.05, 0) is 67.8 Å². The van der Waals surface area contributed by atoms with Gasteiger partial charge in [-0.2, -0.15) is 0 Å². The number of benzene rings is 1. The number of nitrogens with one attached hydrogen (secondary N) is 4. The molecule has 4 nitrogen and oxygen atoms in total. The monoisotopic (exact) mass is 366 g/mol. The van der Waals surface area contributed by atoms with Crippen LogP contribution in [0.4, 0.5) is 5.69 Å². The average Bonchev–Trinajstić information content (AvgIpc) is 2.53. The van der Waals surface area contributed by atoms with Crippen LogP contribution in [0.15, 0.2) is 24.3 Å². The Morgan fingerprint density at radius 1 is 0.958 bits per heavy atom. The Bertz CT molecular complexity index is 514. The zero-order valence-electron chi connectivity index (χ0n) is 15.1. The molecule has 0 bridgehead atoms. The van der Waals surface area contributed by atoms with E-state index in [1.54, 1.807) is 0 Å². The van der Waals surface area contributed by atoms with E-state index in [0.717, 1.165) is 24.4 Å². The van der Waals surface area contributed by atoms with Gasteiger partial charge in [0.05, 0.1) is 0 Å². The van der Waals surface area contributed by atoms with Crippen molar-refractivity contribution in [2.45, 2.75) is 59.4 Å². The predicted octanol–water partition coefficient (Wildman–Crippen LogP) is 4.13. The molecule has 6 heteroatoms. The second-order valence-electron chi connectivity index (χ2n) is 6.45. The van der Waals surface area contributed by atoms with Crippen molar-refractivity contribution in [1.29, 1.82) is 0 Å². The van der Waals surface area contributed by atoms with E-state index in [0.29, 0.717) is 16.3 Å². The predicted molar refractivity (Wildman–Crippen MR) is 112 cm³/mol. The Balaban J connectivity index is 2.24. The van der Waals surface area contributed by atoms with Crippen LogP contribution in [0.2, 0.25) is 0 Å². The number of rotatable bonds is 7. The Hall–Kier alpha value is -1.40. The lowest BCUT2D eigenvalue weighted by Gasteiger charge is -2.18. The lowest BCUT2D eigenvalue weighted by atomic mass is 10.0. The van der Waals surface area contributed by atoms with Crippen LogP contribution in [0.25, 0.3) is 0 Å². The molecule has 0 saturated heterocycles. The maximum atomic E-state index is 5.28. The van der Waals surface area contributed by atoms with Gasteiger partial charge in [-0.3, -0.25) is 10.9 Å². The molecule has 134 valence electrons. The normalized spacial score (nSPS) is 11.7. The highest BCUT2D eigenvalue weighted by atomic mass is 32.1. The fourth-order valence-electron chi connectivity index (χ4n) is 2.26. The highest BCUT2D eigenvalue weighted by molar-refractivity contribution is 7.80. The molecular weight excluding hydrogens is 336 g/mol. The average molecular weight is 367 g/mol. The van der Waals surface area contributed by atoms with Crippen LogP contribution < -0.4 is 21.5 Å². The highest BCUT2D eigenvalue weighted by Crippen LogP contribution is 2.10. The molecule has 0 amide bonds. The largest absolute Gasteiger partial charge is 0.359 e. The first-order valence-electron chi connectivity index (χ1n) is 8.63. The standard InChI is InChI=1S/C18H30N4S2/c1-5-15-9-11-16(12-10-15)20-18(24)22-21-17(23)19-14(4)8-6-7-13(2)3/h9-14H,5-8H2,1-4H3,(H2,19,21,23)(H2,20,22,24)/t14-/m0/s1. The second-order valence-corrected chi connectivity index (χ2v) is 7.27. The number of hydrazine groups is 1. The van der Waals surface area contributed by atoms with E-state index >= 15 is 0 Å². The molecule has 0 fully saturated rings. The SMILES string of the molecule is CCc1ccc(NC(=S)NNC(=S)N[C@@H](C)CCCC(C)C)cc1. The number of hydrogen-bond donors (Lipinski definition) is 4. The molecule has 0 radical (unpaired) electrons. The third kappa shape index (κ3) is 9.03. The summed E-state index contributed by atoms with van der Waals surface area (Å²) in [5, 5.41) is 7.41. The maximum absolute atomic E-state index is 5.28. The van der Waals surface area contributed by atoms with E-state index in [9.17, 15) is 0 Å². The molecule has 0 aliphatic carbocycles. The summed E-state index contributed by atoms with van der Waals surface area (Å²) in [7, 11) is 0. The van der Waals surface area contributed by atoms with Gasteiger partial charge in [-0.1, -0.05) is 45.7 Å². The maximum Gasteiger partial charge on any atom is 0.189 e. The van der Waals surface area contributed by atoms with Crippen molar-refractivity contribution in [3.05, 3.63) is 29.8 Å². The van der Waals surface area contributed by atoms with Crippen LogP contribution >= 0.6 is 24.4 Å².